The second-order valence-electron chi connectivity index (χ2n) is 10.9. The van der Waals surface area contributed by atoms with Gasteiger partial charge in [0.15, 0.2) is 0 Å². The Hall–Kier alpha value is -3.28. The molecule has 0 aromatic heterocycles. The molecule has 4 atom stereocenters. The predicted octanol–water partition coefficient (Wildman–Crippen LogP) is 5.59. The van der Waals surface area contributed by atoms with E-state index < -0.39 is 51.0 Å². The van der Waals surface area contributed by atoms with Gasteiger partial charge in [-0.2, -0.15) is 4.31 Å². The molecule has 0 spiro atoms. The molecule has 0 aliphatic carbocycles. The van der Waals surface area contributed by atoms with Gasteiger partial charge >= 0.3 is 0 Å². The molecule has 0 unspecified atom stereocenters. The van der Waals surface area contributed by atoms with Crippen molar-refractivity contribution in [2.75, 3.05) is 24.7 Å². The number of amides is 1. The molecule has 6 nitrogen and oxygen atoms in total. The third kappa shape index (κ3) is 7.56. The molecule has 1 fully saturated rings. The summed E-state index contributed by atoms with van der Waals surface area (Å²) in [6.07, 6.45) is 2.38. The third-order valence-electron chi connectivity index (χ3n) is 7.72. The van der Waals surface area contributed by atoms with E-state index in [4.69, 9.17) is 0 Å². The quantitative estimate of drug-likeness (QED) is 0.295. The highest BCUT2D eigenvalue weighted by atomic mass is 32.2. The Bertz CT molecular complexity index is 1500. The Balaban J connectivity index is 1.54. The van der Waals surface area contributed by atoms with Gasteiger partial charge < -0.3 is 10.6 Å². The van der Waals surface area contributed by atoms with Gasteiger partial charge in [0.05, 0.1) is 6.26 Å². The molecule has 1 saturated heterocycles. The number of nitrogens with one attached hydrogen (secondary N) is 2. The molecule has 0 saturated carbocycles. The highest BCUT2D eigenvalue weighted by Gasteiger charge is 2.34. The van der Waals surface area contributed by atoms with Crippen molar-refractivity contribution in [3.05, 3.63) is 101 Å². The summed E-state index contributed by atoms with van der Waals surface area (Å²) in [5.74, 6) is -4.86. The smallest absolute Gasteiger partial charge is 0.228 e. The fraction of sp³-hybridized carbons (Fsp3) is 0.387. The molecule has 1 aliphatic heterocycles. The van der Waals surface area contributed by atoms with Gasteiger partial charge in [0, 0.05) is 54.3 Å². The summed E-state index contributed by atoms with van der Waals surface area (Å²) in [6, 6.07) is 12.2. The molecule has 3 aromatic rings. The van der Waals surface area contributed by atoms with Crippen LogP contribution in [-0.4, -0.2) is 50.1 Å². The average molecular weight is 606 g/mol. The fourth-order valence-electron chi connectivity index (χ4n) is 5.86. The van der Waals surface area contributed by atoms with Crippen LogP contribution >= 0.6 is 0 Å². The topological polar surface area (TPSA) is 78.5 Å². The van der Waals surface area contributed by atoms with Crippen LogP contribution in [-0.2, 0) is 21.2 Å². The van der Waals surface area contributed by atoms with Crippen molar-refractivity contribution in [3.63, 3.8) is 0 Å². The van der Waals surface area contributed by atoms with Crippen molar-refractivity contribution >= 4 is 21.6 Å². The molecule has 4 rings (SSSR count). The second-order valence-corrected chi connectivity index (χ2v) is 12.8. The van der Waals surface area contributed by atoms with Crippen LogP contribution in [0.25, 0.3) is 0 Å². The van der Waals surface area contributed by atoms with Gasteiger partial charge in [-0.3, -0.25) is 4.79 Å². The first-order valence-electron chi connectivity index (χ1n) is 13.8. The lowest BCUT2D eigenvalue weighted by atomic mass is 9.81. The maximum Gasteiger partial charge on any atom is 0.228 e. The number of carbonyl (C=O) groups is 1. The lowest BCUT2D eigenvalue weighted by molar-refractivity contribution is -0.119. The SMILES string of the molecule is C[C@H](C(=O)Nc1cccc(F)c1CCC[C@H]1CNC[C@H](C)N1S(C)(=O)=O)[C@@H](c1ccc(F)cc1)c1cc(F)cc(F)c1. The zero-order chi connectivity index (χ0) is 30.6. The molecular formula is C31H35F4N3O3S. The molecular weight excluding hydrogens is 570 g/mol. The zero-order valence-corrected chi connectivity index (χ0v) is 24.5. The summed E-state index contributed by atoms with van der Waals surface area (Å²) < 4.78 is 83.3. The minimum absolute atomic E-state index is 0.201. The summed E-state index contributed by atoms with van der Waals surface area (Å²) in [6.45, 7) is 4.46. The van der Waals surface area contributed by atoms with Crippen molar-refractivity contribution in [3.8, 4) is 0 Å². The third-order valence-corrected chi connectivity index (χ3v) is 9.15. The minimum atomic E-state index is -3.43. The lowest BCUT2D eigenvalue weighted by Gasteiger charge is -2.39. The molecule has 11 heteroatoms. The van der Waals surface area contributed by atoms with Crippen LogP contribution in [0.3, 0.4) is 0 Å². The number of rotatable bonds is 10. The van der Waals surface area contributed by atoms with Gasteiger partial charge in [0.1, 0.15) is 23.3 Å². The number of hydrogen-bond acceptors (Lipinski definition) is 4. The number of nitrogens with zero attached hydrogens (tertiary/aromatic N) is 1. The zero-order valence-electron chi connectivity index (χ0n) is 23.7. The first-order chi connectivity index (χ1) is 19.8. The highest BCUT2D eigenvalue weighted by Crippen LogP contribution is 2.34. The summed E-state index contributed by atoms with van der Waals surface area (Å²) in [7, 11) is -3.43. The van der Waals surface area contributed by atoms with Gasteiger partial charge in [-0.15, -0.1) is 0 Å². The highest BCUT2D eigenvalue weighted by molar-refractivity contribution is 7.88. The summed E-state index contributed by atoms with van der Waals surface area (Å²) >= 11 is 0. The molecule has 3 aromatic carbocycles. The van der Waals surface area contributed by atoms with Crippen molar-refractivity contribution in [1.82, 2.24) is 9.62 Å². The molecule has 1 amide bonds. The normalized spacial score (nSPS) is 19.3. The van der Waals surface area contributed by atoms with Gasteiger partial charge in [0.2, 0.25) is 15.9 Å². The Morgan fingerprint density at radius 1 is 0.976 bits per heavy atom. The van der Waals surface area contributed by atoms with E-state index in [-0.39, 0.29) is 35.3 Å². The van der Waals surface area contributed by atoms with Crippen LogP contribution in [0.2, 0.25) is 0 Å². The van der Waals surface area contributed by atoms with Gasteiger partial charge in [-0.05, 0) is 73.7 Å². The van der Waals surface area contributed by atoms with Gasteiger partial charge in [0.25, 0.3) is 0 Å². The summed E-state index contributed by atoms with van der Waals surface area (Å²) in [5.41, 5.74) is 1.21. The number of carbonyl (C=O) groups excluding carboxylic acids is 1. The first-order valence-corrected chi connectivity index (χ1v) is 15.7. The average Bonchev–Trinajstić information content (AvgIpc) is 2.90. The predicted molar refractivity (Wildman–Crippen MR) is 155 cm³/mol. The van der Waals surface area contributed by atoms with Crippen LogP contribution in [0.5, 0.6) is 0 Å². The number of piperazine rings is 1. The maximum absolute atomic E-state index is 15.0. The van der Waals surface area contributed by atoms with E-state index in [2.05, 4.69) is 10.6 Å². The van der Waals surface area contributed by atoms with Gasteiger partial charge in [-0.1, -0.05) is 25.1 Å². The van der Waals surface area contributed by atoms with E-state index >= 15 is 4.39 Å². The molecule has 0 bridgehead atoms. The molecule has 1 aliphatic rings. The fourth-order valence-corrected chi connectivity index (χ4v) is 7.31. The van der Waals surface area contributed by atoms with Crippen molar-refractivity contribution in [1.29, 1.82) is 0 Å². The Kier molecular flexibility index (Phi) is 10.1. The minimum Gasteiger partial charge on any atom is -0.325 e. The Morgan fingerprint density at radius 2 is 1.64 bits per heavy atom. The standard InChI is InChI=1S/C31H35F4N3O3S/c1-19-17-36-18-26(38(19)42(3,40)41)6-4-7-27-28(35)8-5-9-29(27)37-31(39)20(2)30(21-10-12-23(32)13-11-21)22-14-24(33)16-25(34)15-22/h5,8-16,19-20,26,30,36H,4,6-7,17-18H2,1-3H3,(H,37,39)/t19-,20-,26-,30-/m0/s1. The summed E-state index contributed by atoms with van der Waals surface area (Å²) in [5, 5.41) is 6.02. The van der Waals surface area contributed by atoms with Crippen LogP contribution < -0.4 is 10.6 Å². The Morgan fingerprint density at radius 3 is 2.29 bits per heavy atom. The van der Waals surface area contributed by atoms with Crippen molar-refractivity contribution < 1.29 is 30.8 Å². The molecule has 42 heavy (non-hydrogen) atoms. The van der Waals surface area contributed by atoms with Gasteiger partial charge in [-0.25, -0.2) is 26.0 Å². The van der Waals surface area contributed by atoms with Crippen LogP contribution in [0, 0.1) is 29.2 Å². The molecule has 2 N–H and O–H groups in total. The van der Waals surface area contributed by atoms with Crippen LogP contribution in [0.1, 0.15) is 49.3 Å². The van der Waals surface area contributed by atoms with Crippen LogP contribution in [0.15, 0.2) is 60.7 Å². The molecule has 226 valence electrons. The number of benzene rings is 3. The maximum atomic E-state index is 15.0. The van der Waals surface area contributed by atoms with E-state index in [1.54, 1.807) is 13.0 Å². The summed E-state index contributed by atoms with van der Waals surface area (Å²) in [4.78, 5) is 13.5. The monoisotopic (exact) mass is 605 g/mol. The molecule has 1 heterocycles. The Labute approximate surface area is 244 Å². The van der Waals surface area contributed by atoms with E-state index in [0.29, 0.717) is 31.5 Å². The van der Waals surface area contributed by atoms with Crippen LogP contribution in [0.4, 0.5) is 23.2 Å². The van der Waals surface area contributed by atoms with E-state index in [1.165, 1.54) is 47.0 Å². The van der Waals surface area contributed by atoms with E-state index in [0.717, 1.165) is 18.2 Å². The lowest BCUT2D eigenvalue weighted by Crippen LogP contribution is -2.57. The van der Waals surface area contributed by atoms with Crippen molar-refractivity contribution in [2.45, 2.75) is 51.1 Å². The van der Waals surface area contributed by atoms with E-state index in [9.17, 15) is 26.4 Å². The largest absolute Gasteiger partial charge is 0.325 e. The number of anilines is 1. The molecule has 0 radical (unpaired) electrons. The number of hydrogen-bond donors (Lipinski definition) is 2. The van der Waals surface area contributed by atoms with Crippen molar-refractivity contribution in [2.24, 2.45) is 5.92 Å². The first kappa shape index (κ1) is 31.7. The number of halogens is 4. The number of sulfonamides is 1. The second kappa shape index (κ2) is 13.4. The van der Waals surface area contributed by atoms with E-state index in [1.807, 2.05) is 6.92 Å².